The molecule has 0 bridgehead atoms. The van der Waals surface area contributed by atoms with Crippen molar-refractivity contribution in [1.82, 2.24) is 5.32 Å². The Bertz CT molecular complexity index is 332. The van der Waals surface area contributed by atoms with E-state index in [0.717, 1.165) is 12.5 Å². The molecule has 1 heterocycles. The molecule has 0 spiro atoms. The second kappa shape index (κ2) is 5.30. The van der Waals surface area contributed by atoms with E-state index in [2.05, 4.69) is 31.3 Å². The molecule has 2 rings (SSSR count). The number of hydrogen-bond acceptors (Lipinski definition) is 3. The standard InChI is InChI=1S/C13H21NOS/c1-4-15-13(10-6-7-10)12(14-3)11-8-5-9(2)16-11/h5,8,10,12-14H,4,6-7H2,1-3H3. The van der Waals surface area contributed by atoms with E-state index in [0.29, 0.717) is 12.1 Å². The van der Waals surface area contributed by atoms with Crippen LogP contribution in [0.2, 0.25) is 0 Å². The third-order valence-electron chi connectivity index (χ3n) is 3.15. The van der Waals surface area contributed by atoms with E-state index >= 15 is 0 Å². The van der Waals surface area contributed by atoms with Crippen molar-refractivity contribution in [1.29, 1.82) is 0 Å². The summed E-state index contributed by atoms with van der Waals surface area (Å²) in [6, 6.07) is 4.79. The van der Waals surface area contributed by atoms with Gasteiger partial charge in [0.05, 0.1) is 12.1 Å². The van der Waals surface area contributed by atoms with Crippen LogP contribution in [0.5, 0.6) is 0 Å². The molecule has 1 aliphatic carbocycles. The van der Waals surface area contributed by atoms with Gasteiger partial charge in [0, 0.05) is 16.4 Å². The van der Waals surface area contributed by atoms with E-state index in [9.17, 15) is 0 Å². The van der Waals surface area contributed by atoms with E-state index in [4.69, 9.17) is 4.74 Å². The molecule has 2 unspecified atom stereocenters. The van der Waals surface area contributed by atoms with E-state index in [-0.39, 0.29) is 0 Å². The molecule has 1 aliphatic rings. The SMILES string of the molecule is CCOC(C1CC1)C(NC)c1ccc(C)s1. The third-order valence-corrected chi connectivity index (χ3v) is 4.24. The first kappa shape index (κ1) is 12.1. The summed E-state index contributed by atoms with van der Waals surface area (Å²) in [4.78, 5) is 2.78. The van der Waals surface area contributed by atoms with Crippen LogP contribution in [0.4, 0.5) is 0 Å². The number of ether oxygens (including phenoxy) is 1. The Balaban J connectivity index is 2.12. The van der Waals surface area contributed by atoms with Gasteiger partial charge in [0.25, 0.3) is 0 Å². The van der Waals surface area contributed by atoms with E-state index < -0.39 is 0 Å². The fraction of sp³-hybridized carbons (Fsp3) is 0.692. The molecular formula is C13H21NOS. The molecule has 2 nitrogen and oxygen atoms in total. The molecule has 1 aromatic heterocycles. The van der Waals surface area contributed by atoms with Gasteiger partial charge in [-0.1, -0.05) is 0 Å². The first-order chi connectivity index (χ1) is 7.76. The van der Waals surface area contributed by atoms with E-state index in [1.165, 1.54) is 22.6 Å². The zero-order valence-electron chi connectivity index (χ0n) is 10.3. The molecule has 1 N–H and O–H groups in total. The number of aryl methyl sites for hydroxylation is 1. The number of thiophene rings is 1. The maximum atomic E-state index is 5.93. The van der Waals surface area contributed by atoms with Crippen molar-refractivity contribution in [2.75, 3.05) is 13.7 Å². The van der Waals surface area contributed by atoms with Gasteiger partial charge in [-0.3, -0.25) is 0 Å². The Kier molecular flexibility index (Phi) is 4.00. The Morgan fingerprint density at radius 2 is 2.25 bits per heavy atom. The highest BCUT2D eigenvalue weighted by molar-refractivity contribution is 7.12. The fourth-order valence-corrected chi connectivity index (χ4v) is 3.23. The summed E-state index contributed by atoms with van der Waals surface area (Å²) in [7, 11) is 2.04. The van der Waals surface area contributed by atoms with Crippen molar-refractivity contribution in [3.8, 4) is 0 Å². The summed E-state index contributed by atoms with van der Waals surface area (Å²) in [6.07, 6.45) is 3.01. The van der Waals surface area contributed by atoms with Gasteiger partial charge >= 0.3 is 0 Å². The molecule has 1 aromatic rings. The van der Waals surface area contributed by atoms with Crippen LogP contribution < -0.4 is 5.32 Å². The smallest absolute Gasteiger partial charge is 0.0805 e. The van der Waals surface area contributed by atoms with Gasteiger partial charge in [0.15, 0.2) is 0 Å². The minimum Gasteiger partial charge on any atom is -0.376 e. The molecule has 2 atom stereocenters. The van der Waals surface area contributed by atoms with Crippen LogP contribution in [-0.4, -0.2) is 19.8 Å². The van der Waals surface area contributed by atoms with Crippen LogP contribution in [-0.2, 0) is 4.74 Å². The maximum absolute atomic E-state index is 5.93. The van der Waals surface area contributed by atoms with Crippen LogP contribution in [0.3, 0.4) is 0 Å². The van der Waals surface area contributed by atoms with Crippen molar-refractivity contribution in [3.05, 3.63) is 21.9 Å². The molecule has 16 heavy (non-hydrogen) atoms. The Morgan fingerprint density at radius 3 is 2.69 bits per heavy atom. The average molecular weight is 239 g/mol. The van der Waals surface area contributed by atoms with Gasteiger partial charge in [-0.05, 0) is 51.8 Å². The zero-order chi connectivity index (χ0) is 11.5. The highest BCUT2D eigenvalue weighted by atomic mass is 32.1. The topological polar surface area (TPSA) is 21.3 Å². The minimum absolute atomic E-state index is 0.355. The predicted molar refractivity (Wildman–Crippen MR) is 69.0 cm³/mol. The second-order valence-electron chi connectivity index (χ2n) is 4.47. The van der Waals surface area contributed by atoms with Crippen molar-refractivity contribution >= 4 is 11.3 Å². The van der Waals surface area contributed by atoms with Gasteiger partial charge in [-0.15, -0.1) is 11.3 Å². The lowest BCUT2D eigenvalue weighted by molar-refractivity contribution is 0.0213. The summed E-state index contributed by atoms with van der Waals surface area (Å²) in [5.41, 5.74) is 0. The van der Waals surface area contributed by atoms with Gasteiger partial charge in [0.1, 0.15) is 0 Å². The predicted octanol–water partition coefficient (Wildman–Crippen LogP) is 3.13. The Morgan fingerprint density at radius 1 is 1.50 bits per heavy atom. The summed E-state index contributed by atoms with van der Waals surface area (Å²) in [6.45, 7) is 5.05. The summed E-state index contributed by atoms with van der Waals surface area (Å²) < 4.78 is 5.93. The zero-order valence-corrected chi connectivity index (χ0v) is 11.1. The molecule has 3 heteroatoms. The Labute approximate surface area is 102 Å². The number of hydrogen-bond donors (Lipinski definition) is 1. The molecule has 1 saturated carbocycles. The van der Waals surface area contributed by atoms with Gasteiger partial charge in [0.2, 0.25) is 0 Å². The first-order valence-corrected chi connectivity index (χ1v) is 6.93. The molecule has 0 amide bonds. The summed E-state index contributed by atoms with van der Waals surface area (Å²) in [5, 5.41) is 3.42. The lowest BCUT2D eigenvalue weighted by Crippen LogP contribution is -2.32. The van der Waals surface area contributed by atoms with E-state index in [1.807, 2.05) is 18.4 Å². The van der Waals surface area contributed by atoms with Gasteiger partial charge in [-0.2, -0.15) is 0 Å². The number of rotatable bonds is 6. The molecule has 0 aromatic carbocycles. The highest BCUT2D eigenvalue weighted by Crippen LogP contribution is 2.41. The quantitative estimate of drug-likeness (QED) is 0.823. The van der Waals surface area contributed by atoms with Crippen LogP contribution in [0.25, 0.3) is 0 Å². The fourth-order valence-electron chi connectivity index (χ4n) is 2.21. The van der Waals surface area contributed by atoms with Gasteiger partial charge < -0.3 is 10.1 Å². The van der Waals surface area contributed by atoms with Crippen LogP contribution in [0.15, 0.2) is 12.1 Å². The Hall–Kier alpha value is -0.380. The molecule has 90 valence electrons. The van der Waals surface area contributed by atoms with Crippen LogP contribution in [0.1, 0.15) is 35.6 Å². The maximum Gasteiger partial charge on any atom is 0.0805 e. The normalized spacial score (nSPS) is 19.7. The van der Waals surface area contributed by atoms with Crippen molar-refractivity contribution in [3.63, 3.8) is 0 Å². The van der Waals surface area contributed by atoms with Crippen molar-refractivity contribution in [2.24, 2.45) is 5.92 Å². The summed E-state index contributed by atoms with van der Waals surface area (Å²) >= 11 is 1.88. The molecule has 1 fully saturated rings. The number of likely N-dealkylation sites (N-methyl/N-ethyl adjacent to an activating group) is 1. The largest absolute Gasteiger partial charge is 0.376 e. The second-order valence-corrected chi connectivity index (χ2v) is 5.79. The monoisotopic (exact) mass is 239 g/mol. The summed E-state index contributed by atoms with van der Waals surface area (Å²) in [5.74, 6) is 0.764. The molecule has 0 saturated heterocycles. The van der Waals surface area contributed by atoms with Crippen LogP contribution in [0, 0.1) is 12.8 Å². The molecule has 0 aliphatic heterocycles. The number of nitrogens with one attached hydrogen (secondary N) is 1. The minimum atomic E-state index is 0.355. The van der Waals surface area contributed by atoms with E-state index in [1.54, 1.807) is 0 Å². The van der Waals surface area contributed by atoms with Crippen LogP contribution >= 0.6 is 11.3 Å². The highest BCUT2D eigenvalue weighted by Gasteiger charge is 2.37. The average Bonchev–Trinajstić information content (AvgIpc) is 3.02. The first-order valence-electron chi connectivity index (χ1n) is 6.11. The third kappa shape index (κ3) is 2.65. The van der Waals surface area contributed by atoms with Crippen molar-refractivity contribution in [2.45, 2.75) is 38.8 Å². The lowest BCUT2D eigenvalue weighted by Gasteiger charge is -2.26. The van der Waals surface area contributed by atoms with Gasteiger partial charge in [-0.25, -0.2) is 0 Å². The molecule has 0 radical (unpaired) electrons. The molecular weight excluding hydrogens is 218 g/mol. The van der Waals surface area contributed by atoms with Crippen molar-refractivity contribution < 1.29 is 4.74 Å². The lowest BCUT2D eigenvalue weighted by atomic mass is 10.1.